The van der Waals surface area contributed by atoms with Crippen LogP contribution in [0.25, 0.3) is 0 Å². The van der Waals surface area contributed by atoms with Crippen LogP contribution in [-0.2, 0) is 9.63 Å². The summed E-state index contributed by atoms with van der Waals surface area (Å²) in [6, 6.07) is 0. The molecule has 6 atom stereocenters. The zero-order chi connectivity index (χ0) is 21.4. The maximum absolute atomic E-state index is 12.7. The Morgan fingerprint density at radius 1 is 1.23 bits per heavy atom. The molecule has 3 saturated carbocycles. The van der Waals surface area contributed by atoms with Gasteiger partial charge in [0.25, 0.3) is 0 Å². The van der Waals surface area contributed by atoms with Crippen molar-refractivity contribution in [3.63, 3.8) is 0 Å². The second-order valence-corrected chi connectivity index (χ2v) is 10.3. The molecule has 0 aromatic heterocycles. The molecular formula is C23H38N4O3. The van der Waals surface area contributed by atoms with E-state index in [2.05, 4.69) is 29.8 Å². The summed E-state index contributed by atoms with van der Waals surface area (Å²) in [5, 5.41) is 17.5. The molecule has 3 aliphatic carbocycles. The van der Waals surface area contributed by atoms with Gasteiger partial charge in [-0.05, 0) is 81.7 Å². The van der Waals surface area contributed by atoms with E-state index in [9.17, 15) is 10.0 Å². The highest BCUT2D eigenvalue weighted by Crippen LogP contribution is 2.62. The minimum absolute atomic E-state index is 0.144. The Labute approximate surface area is 180 Å². The van der Waals surface area contributed by atoms with Crippen molar-refractivity contribution in [1.82, 2.24) is 10.8 Å². The fourth-order valence-corrected chi connectivity index (χ4v) is 6.99. The van der Waals surface area contributed by atoms with Crippen LogP contribution < -0.4 is 10.8 Å². The molecule has 4 aliphatic rings. The number of hydrogen-bond donors (Lipinski definition) is 3. The number of ketones is 1. The van der Waals surface area contributed by atoms with Crippen molar-refractivity contribution < 1.29 is 14.8 Å². The number of rotatable bonds is 5. The molecule has 0 bridgehead atoms. The number of amidine groups is 1. The summed E-state index contributed by atoms with van der Waals surface area (Å²) in [6.07, 6.45) is 7.49. The van der Waals surface area contributed by atoms with Crippen LogP contribution in [0.4, 0.5) is 0 Å². The molecule has 1 heterocycles. The average molecular weight is 419 g/mol. The van der Waals surface area contributed by atoms with Crippen LogP contribution in [0.3, 0.4) is 0 Å². The van der Waals surface area contributed by atoms with E-state index in [1.807, 2.05) is 7.05 Å². The smallest absolute Gasteiger partial charge is 0.139 e. The molecule has 1 aliphatic heterocycles. The van der Waals surface area contributed by atoms with Crippen LogP contribution in [0.1, 0.15) is 65.2 Å². The SMILES string of the molecule is CNCCCO/N=C1/CC[C@@]2(C)C(CN=C(NO)[C@@H]3[C@@H]2CC[C@]2(C)C(=O)CC[C@@H]32)C1. The Bertz CT molecular complexity index is 723. The lowest BCUT2D eigenvalue weighted by Gasteiger charge is -2.54. The first-order valence-electron chi connectivity index (χ1n) is 11.7. The van der Waals surface area contributed by atoms with Gasteiger partial charge in [0.2, 0.25) is 0 Å². The van der Waals surface area contributed by atoms with Gasteiger partial charge in [-0.25, -0.2) is 0 Å². The number of nitrogens with zero attached hydrogens (tertiary/aromatic N) is 2. The lowest BCUT2D eigenvalue weighted by atomic mass is 9.50. The van der Waals surface area contributed by atoms with Gasteiger partial charge in [-0.1, -0.05) is 19.0 Å². The lowest BCUT2D eigenvalue weighted by Crippen LogP contribution is -2.53. The van der Waals surface area contributed by atoms with Crippen LogP contribution in [0.2, 0.25) is 0 Å². The molecule has 0 radical (unpaired) electrons. The van der Waals surface area contributed by atoms with E-state index in [1.54, 1.807) is 0 Å². The van der Waals surface area contributed by atoms with Crippen molar-refractivity contribution in [3.8, 4) is 0 Å². The van der Waals surface area contributed by atoms with Crippen molar-refractivity contribution in [1.29, 1.82) is 0 Å². The van der Waals surface area contributed by atoms with Crippen molar-refractivity contribution >= 4 is 17.3 Å². The summed E-state index contributed by atoms with van der Waals surface area (Å²) in [6.45, 7) is 6.85. The number of fused-ring (bicyclic) bond motifs is 5. The van der Waals surface area contributed by atoms with E-state index in [0.29, 0.717) is 43.0 Å². The molecule has 3 N–H and O–H groups in total. The van der Waals surface area contributed by atoms with E-state index >= 15 is 0 Å². The Kier molecular flexibility index (Phi) is 6.22. The van der Waals surface area contributed by atoms with E-state index in [0.717, 1.165) is 57.2 Å². The van der Waals surface area contributed by atoms with Crippen molar-refractivity contribution in [2.45, 2.75) is 65.2 Å². The van der Waals surface area contributed by atoms with Gasteiger partial charge >= 0.3 is 0 Å². The van der Waals surface area contributed by atoms with Gasteiger partial charge in [-0.2, -0.15) is 0 Å². The van der Waals surface area contributed by atoms with Crippen LogP contribution in [0, 0.1) is 34.5 Å². The summed E-state index contributed by atoms with van der Waals surface area (Å²) in [5.41, 5.74) is 3.49. The molecule has 7 nitrogen and oxygen atoms in total. The number of hydroxylamine groups is 1. The predicted molar refractivity (Wildman–Crippen MR) is 117 cm³/mol. The molecule has 1 unspecified atom stereocenters. The van der Waals surface area contributed by atoms with Gasteiger partial charge in [-0.15, -0.1) is 0 Å². The molecule has 7 heteroatoms. The Morgan fingerprint density at radius 2 is 2.07 bits per heavy atom. The average Bonchev–Trinajstić information content (AvgIpc) is 2.97. The zero-order valence-electron chi connectivity index (χ0n) is 18.7. The number of oxime groups is 1. The quantitative estimate of drug-likeness (QED) is 0.471. The molecule has 30 heavy (non-hydrogen) atoms. The maximum Gasteiger partial charge on any atom is 0.139 e. The molecule has 3 fully saturated rings. The monoisotopic (exact) mass is 418 g/mol. The number of Topliss-reactive ketones (excluding diaryl/α,β-unsaturated/α-hetero) is 1. The molecule has 0 aromatic carbocycles. The fraction of sp³-hybridized carbons (Fsp3) is 0.870. The fourth-order valence-electron chi connectivity index (χ4n) is 6.99. The number of hydrogen-bond acceptors (Lipinski definition) is 7. The van der Waals surface area contributed by atoms with Crippen LogP contribution in [0.5, 0.6) is 0 Å². The Balaban J connectivity index is 1.54. The van der Waals surface area contributed by atoms with Crippen molar-refractivity contribution in [2.75, 3.05) is 26.7 Å². The first kappa shape index (κ1) is 21.8. The first-order valence-corrected chi connectivity index (χ1v) is 11.7. The van der Waals surface area contributed by atoms with Gasteiger partial charge in [0.1, 0.15) is 18.2 Å². The third-order valence-corrected chi connectivity index (χ3v) is 8.96. The summed E-state index contributed by atoms with van der Waals surface area (Å²) in [5.74, 6) is 2.37. The third kappa shape index (κ3) is 3.58. The molecule has 168 valence electrons. The van der Waals surface area contributed by atoms with Crippen LogP contribution >= 0.6 is 0 Å². The highest BCUT2D eigenvalue weighted by Gasteiger charge is 2.60. The largest absolute Gasteiger partial charge is 0.396 e. The van der Waals surface area contributed by atoms with Crippen molar-refractivity contribution in [2.24, 2.45) is 44.6 Å². The number of nitrogens with one attached hydrogen (secondary N) is 2. The summed E-state index contributed by atoms with van der Waals surface area (Å²) in [7, 11) is 1.94. The third-order valence-electron chi connectivity index (χ3n) is 8.96. The van der Waals surface area contributed by atoms with Crippen LogP contribution in [0.15, 0.2) is 10.1 Å². The van der Waals surface area contributed by atoms with E-state index < -0.39 is 0 Å². The first-order chi connectivity index (χ1) is 14.4. The van der Waals surface area contributed by atoms with Gasteiger partial charge in [0.05, 0.1) is 5.71 Å². The van der Waals surface area contributed by atoms with Gasteiger partial charge in [0.15, 0.2) is 0 Å². The normalized spacial score (nSPS) is 42.1. The van der Waals surface area contributed by atoms with E-state index in [-0.39, 0.29) is 22.7 Å². The maximum atomic E-state index is 12.7. The molecule has 4 rings (SSSR count). The molecule has 0 spiro atoms. The number of carbonyl (C=O) groups is 1. The van der Waals surface area contributed by atoms with E-state index in [1.165, 1.54) is 0 Å². The standard InChI is InChI=1S/C23H38N4O3/c1-22-9-7-16(27-30-12-4-11-24-3)13-15(22)14-25-21(26-29)20-17-5-6-19(28)23(17,2)10-8-18(20)22/h15,17-18,20,24,29H,4-14H2,1-3H3,(H,25,26)/b27-16-/t15?,17-,18-,20-,22-,23-/m0/s1. The Hall–Kier alpha value is -1.47. The van der Waals surface area contributed by atoms with E-state index in [4.69, 9.17) is 9.83 Å². The highest BCUT2D eigenvalue weighted by molar-refractivity contribution is 5.91. The topological polar surface area (TPSA) is 95.3 Å². The molecule has 0 saturated heterocycles. The summed E-state index contributed by atoms with van der Waals surface area (Å²) < 4.78 is 0. The second-order valence-electron chi connectivity index (χ2n) is 10.3. The summed E-state index contributed by atoms with van der Waals surface area (Å²) >= 11 is 0. The molecule has 0 aromatic rings. The number of aliphatic imine (C=N–C) groups is 1. The minimum atomic E-state index is -0.253. The van der Waals surface area contributed by atoms with Gasteiger partial charge < -0.3 is 10.2 Å². The lowest BCUT2D eigenvalue weighted by molar-refractivity contribution is -0.130. The number of carbonyl (C=O) groups excluding carboxylic acids is 1. The highest BCUT2D eigenvalue weighted by atomic mass is 16.6. The minimum Gasteiger partial charge on any atom is -0.396 e. The zero-order valence-corrected chi connectivity index (χ0v) is 18.7. The predicted octanol–water partition coefficient (Wildman–Crippen LogP) is 3.18. The Morgan fingerprint density at radius 3 is 2.83 bits per heavy atom. The second kappa shape index (κ2) is 8.58. The van der Waals surface area contributed by atoms with Gasteiger partial charge in [0, 0.05) is 24.3 Å². The van der Waals surface area contributed by atoms with Crippen LogP contribution in [-0.4, -0.2) is 49.3 Å². The summed E-state index contributed by atoms with van der Waals surface area (Å²) in [4.78, 5) is 23.1. The van der Waals surface area contributed by atoms with Gasteiger partial charge in [-0.3, -0.25) is 20.5 Å². The van der Waals surface area contributed by atoms with Crippen molar-refractivity contribution in [3.05, 3.63) is 0 Å². The molecular weight excluding hydrogens is 380 g/mol. The molecule has 0 amide bonds.